The largest absolute Gasteiger partial charge is 0.348 e. The number of pyridine rings is 1. The van der Waals surface area contributed by atoms with Gasteiger partial charge in [-0.2, -0.15) is 5.10 Å². The lowest BCUT2D eigenvalue weighted by molar-refractivity contribution is 0.0950. The van der Waals surface area contributed by atoms with E-state index in [0.717, 1.165) is 11.3 Å². The van der Waals surface area contributed by atoms with E-state index in [9.17, 15) is 4.79 Å². The molecule has 2 N–H and O–H groups in total. The number of hydrogen-bond donors (Lipinski definition) is 2. The molecule has 2 rings (SSSR count). The molecule has 0 radical (unpaired) electrons. The number of halogens is 1. The minimum atomic E-state index is -0.185. The maximum atomic E-state index is 11.7. The fourth-order valence-corrected chi connectivity index (χ4v) is 1.45. The Kier molecular flexibility index (Phi) is 3.39. The van der Waals surface area contributed by atoms with Crippen LogP contribution in [0, 0.1) is 6.92 Å². The van der Waals surface area contributed by atoms with Gasteiger partial charge >= 0.3 is 0 Å². The first-order valence-corrected chi connectivity index (χ1v) is 5.43. The van der Waals surface area contributed by atoms with Gasteiger partial charge in [-0.25, -0.2) is 4.98 Å². The molecule has 0 saturated heterocycles. The molecule has 17 heavy (non-hydrogen) atoms. The second-order valence-corrected chi connectivity index (χ2v) is 3.96. The molecule has 6 heteroatoms. The average Bonchev–Trinajstić information content (AvgIpc) is 2.73. The lowest BCUT2D eigenvalue weighted by Crippen LogP contribution is -2.23. The van der Waals surface area contributed by atoms with Crippen LogP contribution < -0.4 is 5.32 Å². The number of H-pyrrole nitrogens is 1. The third-order valence-electron chi connectivity index (χ3n) is 2.36. The molecule has 0 unspecified atom stereocenters. The highest BCUT2D eigenvalue weighted by molar-refractivity contribution is 6.29. The Hall–Kier alpha value is -1.88. The van der Waals surface area contributed by atoms with Crippen LogP contribution >= 0.6 is 11.6 Å². The van der Waals surface area contributed by atoms with Gasteiger partial charge in [0.1, 0.15) is 5.15 Å². The van der Waals surface area contributed by atoms with Crippen molar-refractivity contribution in [2.24, 2.45) is 0 Å². The minimum Gasteiger partial charge on any atom is -0.348 e. The van der Waals surface area contributed by atoms with Crippen molar-refractivity contribution in [3.8, 4) is 0 Å². The Morgan fingerprint density at radius 1 is 1.47 bits per heavy atom. The number of hydrogen-bond acceptors (Lipinski definition) is 3. The monoisotopic (exact) mass is 250 g/mol. The molecule has 0 aliphatic heterocycles. The number of aryl methyl sites for hydroxylation is 1. The van der Waals surface area contributed by atoms with Crippen LogP contribution in [0.4, 0.5) is 0 Å². The second kappa shape index (κ2) is 4.97. The molecule has 0 bridgehead atoms. The Morgan fingerprint density at radius 2 is 2.29 bits per heavy atom. The highest BCUT2D eigenvalue weighted by atomic mass is 35.5. The van der Waals surface area contributed by atoms with Gasteiger partial charge in [0.25, 0.3) is 5.91 Å². The first-order valence-electron chi connectivity index (χ1n) is 5.05. The molecule has 0 aliphatic carbocycles. The van der Waals surface area contributed by atoms with Gasteiger partial charge in [-0.1, -0.05) is 11.6 Å². The summed E-state index contributed by atoms with van der Waals surface area (Å²) < 4.78 is 0. The number of carbonyl (C=O) groups excluding carboxylic acids is 1. The summed E-state index contributed by atoms with van der Waals surface area (Å²) in [6, 6.07) is 3.21. The van der Waals surface area contributed by atoms with E-state index in [2.05, 4.69) is 20.5 Å². The van der Waals surface area contributed by atoms with Gasteiger partial charge in [0.05, 0.1) is 11.8 Å². The highest BCUT2D eigenvalue weighted by Gasteiger charge is 2.07. The fourth-order valence-electron chi connectivity index (χ4n) is 1.34. The van der Waals surface area contributed by atoms with Crippen molar-refractivity contribution in [1.82, 2.24) is 20.5 Å². The van der Waals surface area contributed by atoms with Gasteiger partial charge in [-0.05, 0) is 19.1 Å². The Bertz CT molecular complexity index is 521. The zero-order valence-corrected chi connectivity index (χ0v) is 9.95. The zero-order valence-electron chi connectivity index (χ0n) is 9.20. The molecule has 88 valence electrons. The molecule has 0 aromatic carbocycles. The quantitative estimate of drug-likeness (QED) is 0.815. The smallest absolute Gasteiger partial charge is 0.253 e. The summed E-state index contributed by atoms with van der Waals surface area (Å²) in [4.78, 5) is 15.6. The van der Waals surface area contributed by atoms with Crippen LogP contribution in [0.15, 0.2) is 24.5 Å². The molecule has 2 heterocycles. The Balaban J connectivity index is 1.98. The van der Waals surface area contributed by atoms with E-state index in [0.29, 0.717) is 17.3 Å². The summed E-state index contributed by atoms with van der Waals surface area (Å²) in [6.45, 7) is 2.34. The lowest BCUT2D eigenvalue weighted by Gasteiger charge is -2.04. The number of carbonyl (C=O) groups is 1. The standard InChI is InChI=1S/C11H11ClN4O/c1-7-9(6-15-16-7)5-14-11(17)8-2-3-10(12)13-4-8/h2-4,6H,5H2,1H3,(H,14,17)(H,15,16). The van der Waals surface area contributed by atoms with Crippen LogP contribution in [-0.4, -0.2) is 21.1 Å². The highest BCUT2D eigenvalue weighted by Crippen LogP contribution is 2.06. The summed E-state index contributed by atoms with van der Waals surface area (Å²) in [7, 11) is 0. The zero-order chi connectivity index (χ0) is 12.3. The molecular formula is C11H11ClN4O. The predicted octanol–water partition coefficient (Wildman–Crippen LogP) is 1.70. The van der Waals surface area contributed by atoms with Crippen LogP contribution in [0.1, 0.15) is 21.6 Å². The molecule has 1 amide bonds. The molecule has 2 aromatic heterocycles. The van der Waals surface area contributed by atoms with Crippen molar-refractivity contribution < 1.29 is 4.79 Å². The molecule has 0 saturated carbocycles. The number of amides is 1. The topological polar surface area (TPSA) is 70.7 Å². The molecule has 0 atom stereocenters. The molecule has 0 spiro atoms. The minimum absolute atomic E-state index is 0.185. The van der Waals surface area contributed by atoms with Gasteiger partial charge in [-0.15, -0.1) is 0 Å². The summed E-state index contributed by atoms with van der Waals surface area (Å²) in [5, 5.41) is 9.83. The second-order valence-electron chi connectivity index (χ2n) is 3.57. The normalized spacial score (nSPS) is 10.2. The SMILES string of the molecule is Cc1[nH]ncc1CNC(=O)c1ccc(Cl)nc1. The molecule has 2 aromatic rings. The number of aromatic amines is 1. The maximum Gasteiger partial charge on any atom is 0.253 e. The van der Waals surface area contributed by atoms with Crippen LogP contribution in [0.3, 0.4) is 0 Å². The van der Waals surface area contributed by atoms with Crippen LogP contribution in [0.25, 0.3) is 0 Å². The summed E-state index contributed by atoms with van der Waals surface area (Å²) in [5.74, 6) is -0.185. The van der Waals surface area contributed by atoms with Crippen molar-refractivity contribution in [2.45, 2.75) is 13.5 Å². The van der Waals surface area contributed by atoms with Gasteiger partial charge in [-0.3, -0.25) is 9.89 Å². The third-order valence-corrected chi connectivity index (χ3v) is 2.59. The molecular weight excluding hydrogens is 240 g/mol. The maximum absolute atomic E-state index is 11.7. The van der Waals surface area contributed by atoms with Crippen molar-refractivity contribution in [3.05, 3.63) is 46.5 Å². The van der Waals surface area contributed by atoms with E-state index in [4.69, 9.17) is 11.6 Å². The summed E-state index contributed by atoms with van der Waals surface area (Å²) >= 11 is 5.64. The van der Waals surface area contributed by atoms with E-state index in [1.54, 1.807) is 18.3 Å². The van der Waals surface area contributed by atoms with Crippen molar-refractivity contribution in [1.29, 1.82) is 0 Å². The van der Waals surface area contributed by atoms with Gasteiger partial charge in [0, 0.05) is 24.0 Å². The van der Waals surface area contributed by atoms with Gasteiger partial charge < -0.3 is 5.32 Å². The molecule has 0 fully saturated rings. The Labute approximate surface area is 103 Å². The van der Waals surface area contributed by atoms with Crippen LogP contribution in [0.5, 0.6) is 0 Å². The lowest BCUT2D eigenvalue weighted by atomic mass is 10.2. The Morgan fingerprint density at radius 3 is 2.88 bits per heavy atom. The van der Waals surface area contributed by atoms with E-state index in [1.807, 2.05) is 6.92 Å². The van der Waals surface area contributed by atoms with Crippen molar-refractivity contribution in [2.75, 3.05) is 0 Å². The number of aromatic nitrogens is 3. The van der Waals surface area contributed by atoms with Gasteiger partial charge in [0.2, 0.25) is 0 Å². The fraction of sp³-hybridized carbons (Fsp3) is 0.182. The van der Waals surface area contributed by atoms with E-state index in [1.165, 1.54) is 6.20 Å². The molecule has 5 nitrogen and oxygen atoms in total. The van der Waals surface area contributed by atoms with Crippen molar-refractivity contribution >= 4 is 17.5 Å². The predicted molar refractivity (Wildman–Crippen MR) is 63.7 cm³/mol. The van der Waals surface area contributed by atoms with E-state index >= 15 is 0 Å². The molecule has 0 aliphatic rings. The van der Waals surface area contributed by atoms with E-state index < -0.39 is 0 Å². The summed E-state index contributed by atoms with van der Waals surface area (Å²) in [6.07, 6.45) is 3.13. The van der Waals surface area contributed by atoms with E-state index in [-0.39, 0.29) is 5.91 Å². The number of nitrogens with zero attached hydrogens (tertiary/aromatic N) is 2. The first kappa shape index (κ1) is 11.6. The van der Waals surface area contributed by atoms with Crippen LogP contribution in [-0.2, 0) is 6.54 Å². The summed E-state index contributed by atoms with van der Waals surface area (Å²) in [5.41, 5.74) is 2.38. The third kappa shape index (κ3) is 2.82. The number of nitrogens with one attached hydrogen (secondary N) is 2. The first-order chi connectivity index (χ1) is 8.16. The average molecular weight is 251 g/mol. The van der Waals surface area contributed by atoms with Crippen molar-refractivity contribution in [3.63, 3.8) is 0 Å². The van der Waals surface area contributed by atoms with Gasteiger partial charge in [0.15, 0.2) is 0 Å². The number of rotatable bonds is 3. The van der Waals surface area contributed by atoms with Crippen LogP contribution in [0.2, 0.25) is 5.15 Å².